The van der Waals surface area contributed by atoms with Crippen molar-refractivity contribution in [3.63, 3.8) is 0 Å². The molecule has 1 aliphatic rings. The molecule has 4 rings (SSSR count). The molecular weight excluding hydrogens is 434 g/mol. The van der Waals surface area contributed by atoms with Gasteiger partial charge in [0.2, 0.25) is 5.91 Å². The van der Waals surface area contributed by atoms with E-state index >= 15 is 0 Å². The first-order chi connectivity index (χ1) is 16.6. The molecule has 8 nitrogen and oxygen atoms in total. The number of hydrogen-bond acceptors (Lipinski definition) is 6. The quantitative estimate of drug-likeness (QED) is 0.452. The third kappa shape index (κ3) is 6.71. The Morgan fingerprint density at radius 2 is 1.79 bits per heavy atom. The molecule has 3 aromatic rings. The minimum Gasteiger partial charge on any atom is -0.493 e. The van der Waals surface area contributed by atoms with E-state index in [1.54, 1.807) is 43.8 Å². The van der Waals surface area contributed by atoms with Gasteiger partial charge in [-0.2, -0.15) is 0 Å². The highest BCUT2D eigenvalue weighted by atomic mass is 16.5. The van der Waals surface area contributed by atoms with Crippen molar-refractivity contribution in [1.82, 2.24) is 10.3 Å². The predicted molar refractivity (Wildman–Crippen MR) is 127 cm³/mol. The van der Waals surface area contributed by atoms with Gasteiger partial charge in [0.25, 0.3) is 5.91 Å². The Hall–Kier alpha value is -4.07. The molecule has 0 bridgehead atoms. The number of pyridine rings is 1. The van der Waals surface area contributed by atoms with Gasteiger partial charge >= 0.3 is 0 Å². The number of nitrogens with one attached hydrogen (secondary N) is 2. The number of carbonyl (C=O) groups excluding carboxylic acids is 2. The minimum atomic E-state index is -0.260. The maximum absolute atomic E-state index is 12.3. The lowest BCUT2D eigenvalue weighted by Crippen LogP contribution is -2.28. The van der Waals surface area contributed by atoms with Crippen LogP contribution in [0.1, 0.15) is 24.0 Å². The summed E-state index contributed by atoms with van der Waals surface area (Å²) < 4.78 is 16.9. The SMILES string of the molecule is COc1cc(CNC(=O)COc2cccc(NC(=O)C3CC3)c2)ccc1OCc1ccncc1. The smallest absolute Gasteiger partial charge is 0.258 e. The van der Waals surface area contributed by atoms with Crippen LogP contribution in [0.3, 0.4) is 0 Å². The summed E-state index contributed by atoms with van der Waals surface area (Å²) in [5.74, 6) is 1.61. The average molecular weight is 462 g/mol. The van der Waals surface area contributed by atoms with E-state index in [0.717, 1.165) is 24.0 Å². The highest BCUT2D eigenvalue weighted by Gasteiger charge is 2.29. The Balaban J connectivity index is 1.24. The Labute approximate surface area is 198 Å². The third-order valence-corrected chi connectivity index (χ3v) is 5.28. The van der Waals surface area contributed by atoms with E-state index in [1.807, 2.05) is 30.3 Å². The molecule has 0 aliphatic heterocycles. The molecule has 2 amide bonds. The highest BCUT2D eigenvalue weighted by molar-refractivity contribution is 5.94. The molecule has 1 aliphatic carbocycles. The van der Waals surface area contributed by atoms with Crippen LogP contribution in [-0.2, 0) is 22.7 Å². The van der Waals surface area contributed by atoms with Gasteiger partial charge in [0.1, 0.15) is 12.4 Å². The molecule has 0 radical (unpaired) electrons. The van der Waals surface area contributed by atoms with E-state index < -0.39 is 0 Å². The fourth-order valence-corrected chi connectivity index (χ4v) is 3.24. The Kier molecular flexibility index (Phi) is 7.60. The number of benzene rings is 2. The van der Waals surface area contributed by atoms with Crippen molar-refractivity contribution < 1.29 is 23.8 Å². The Morgan fingerprint density at radius 1 is 0.971 bits per heavy atom. The minimum absolute atomic E-state index is 0.0269. The van der Waals surface area contributed by atoms with Gasteiger partial charge in [0.15, 0.2) is 18.1 Å². The normalized spacial score (nSPS) is 12.5. The van der Waals surface area contributed by atoms with Crippen LogP contribution in [0.2, 0.25) is 0 Å². The maximum Gasteiger partial charge on any atom is 0.258 e. The standard InChI is InChI=1S/C26H27N3O5/c1-32-24-13-19(5-8-23(24)34-16-18-9-11-27-12-10-18)15-28-25(30)17-33-22-4-2-3-21(14-22)29-26(31)20-6-7-20/h2-5,8-14,20H,6-7,15-17H2,1H3,(H,28,30)(H,29,31). The fourth-order valence-electron chi connectivity index (χ4n) is 3.24. The number of methoxy groups -OCH3 is 1. The molecule has 1 fully saturated rings. The number of hydrogen-bond donors (Lipinski definition) is 2. The number of anilines is 1. The monoisotopic (exact) mass is 461 g/mol. The summed E-state index contributed by atoms with van der Waals surface area (Å²) in [5, 5.41) is 5.70. The van der Waals surface area contributed by atoms with E-state index in [0.29, 0.717) is 36.1 Å². The molecule has 8 heteroatoms. The zero-order valence-corrected chi connectivity index (χ0v) is 19.0. The first-order valence-electron chi connectivity index (χ1n) is 11.1. The van der Waals surface area contributed by atoms with Gasteiger partial charge in [-0.15, -0.1) is 0 Å². The average Bonchev–Trinajstić information content (AvgIpc) is 3.72. The predicted octanol–water partition coefficient (Wildman–Crippen LogP) is 3.71. The molecule has 0 saturated heterocycles. The van der Waals surface area contributed by atoms with E-state index in [9.17, 15) is 9.59 Å². The van der Waals surface area contributed by atoms with Crippen LogP contribution in [0, 0.1) is 5.92 Å². The molecular formula is C26H27N3O5. The van der Waals surface area contributed by atoms with Crippen molar-refractivity contribution in [2.75, 3.05) is 19.0 Å². The summed E-state index contributed by atoms with van der Waals surface area (Å²) in [6.45, 7) is 0.586. The van der Waals surface area contributed by atoms with Crippen molar-refractivity contribution >= 4 is 17.5 Å². The number of rotatable bonds is 11. The fraction of sp³-hybridized carbons (Fsp3) is 0.269. The molecule has 2 N–H and O–H groups in total. The van der Waals surface area contributed by atoms with Crippen molar-refractivity contribution in [3.05, 3.63) is 78.1 Å². The molecule has 0 spiro atoms. The lowest BCUT2D eigenvalue weighted by Gasteiger charge is -2.13. The number of amides is 2. The molecule has 34 heavy (non-hydrogen) atoms. The van der Waals surface area contributed by atoms with Crippen LogP contribution in [0.5, 0.6) is 17.2 Å². The van der Waals surface area contributed by atoms with E-state index in [2.05, 4.69) is 15.6 Å². The summed E-state index contributed by atoms with van der Waals surface area (Å²) in [4.78, 5) is 28.2. The summed E-state index contributed by atoms with van der Waals surface area (Å²) in [7, 11) is 1.58. The first-order valence-corrected chi connectivity index (χ1v) is 11.1. The molecule has 2 aromatic carbocycles. The lowest BCUT2D eigenvalue weighted by molar-refractivity contribution is -0.123. The van der Waals surface area contributed by atoms with Crippen molar-refractivity contribution in [1.29, 1.82) is 0 Å². The van der Waals surface area contributed by atoms with Gasteiger partial charge in [-0.1, -0.05) is 12.1 Å². The molecule has 0 atom stereocenters. The molecule has 0 unspecified atom stereocenters. The number of ether oxygens (including phenoxy) is 3. The van der Waals surface area contributed by atoms with E-state index in [1.165, 1.54) is 0 Å². The Bertz CT molecular complexity index is 1130. The van der Waals surface area contributed by atoms with Gasteiger partial charge in [-0.05, 0) is 60.4 Å². The second-order valence-electron chi connectivity index (χ2n) is 7.99. The van der Waals surface area contributed by atoms with Crippen molar-refractivity contribution in [2.24, 2.45) is 5.92 Å². The second-order valence-corrected chi connectivity index (χ2v) is 7.99. The molecule has 1 heterocycles. The van der Waals surface area contributed by atoms with Crippen LogP contribution in [0.15, 0.2) is 67.0 Å². The summed E-state index contributed by atoms with van der Waals surface area (Å²) >= 11 is 0. The van der Waals surface area contributed by atoms with E-state index in [-0.39, 0.29) is 24.3 Å². The van der Waals surface area contributed by atoms with Crippen LogP contribution < -0.4 is 24.8 Å². The number of carbonyl (C=O) groups is 2. The Morgan fingerprint density at radius 3 is 2.56 bits per heavy atom. The van der Waals surface area contributed by atoms with E-state index in [4.69, 9.17) is 14.2 Å². The zero-order chi connectivity index (χ0) is 23.8. The van der Waals surface area contributed by atoms with Gasteiger partial charge in [0.05, 0.1) is 7.11 Å². The van der Waals surface area contributed by atoms with Gasteiger partial charge in [-0.3, -0.25) is 14.6 Å². The van der Waals surface area contributed by atoms with Gasteiger partial charge < -0.3 is 24.8 Å². The molecule has 1 saturated carbocycles. The van der Waals surface area contributed by atoms with Gasteiger partial charge in [0, 0.05) is 36.6 Å². The molecule has 1 aromatic heterocycles. The van der Waals surface area contributed by atoms with Gasteiger partial charge in [-0.25, -0.2) is 0 Å². The van der Waals surface area contributed by atoms with Crippen LogP contribution in [-0.4, -0.2) is 30.5 Å². The summed E-state index contributed by atoms with van der Waals surface area (Å²) in [6, 6.07) is 16.3. The van der Waals surface area contributed by atoms with Crippen LogP contribution in [0.4, 0.5) is 5.69 Å². The lowest BCUT2D eigenvalue weighted by atomic mass is 10.2. The van der Waals surface area contributed by atoms with Crippen LogP contribution >= 0.6 is 0 Å². The first kappa shape index (κ1) is 23.1. The third-order valence-electron chi connectivity index (χ3n) is 5.28. The zero-order valence-electron chi connectivity index (χ0n) is 19.0. The van der Waals surface area contributed by atoms with Crippen molar-refractivity contribution in [2.45, 2.75) is 26.0 Å². The largest absolute Gasteiger partial charge is 0.493 e. The van der Waals surface area contributed by atoms with Crippen LogP contribution in [0.25, 0.3) is 0 Å². The summed E-state index contributed by atoms with van der Waals surface area (Å²) in [6.07, 6.45) is 5.31. The van der Waals surface area contributed by atoms with Crippen molar-refractivity contribution in [3.8, 4) is 17.2 Å². The number of nitrogens with zero attached hydrogens (tertiary/aromatic N) is 1. The molecule has 176 valence electrons. The highest BCUT2D eigenvalue weighted by Crippen LogP contribution is 2.31. The second kappa shape index (κ2) is 11.2. The number of aromatic nitrogens is 1. The maximum atomic E-state index is 12.3. The topological polar surface area (TPSA) is 98.8 Å². The summed E-state index contributed by atoms with van der Waals surface area (Å²) in [5.41, 5.74) is 2.53.